The van der Waals surface area contributed by atoms with Gasteiger partial charge in [-0.15, -0.1) is 10.2 Å². The van der Waals surface area contributed by atoms with E-state index in [-0.39, 0.29) is 5.91 Å². The predicted molar refractivity (Wildman–Crippen MR) is 110 cm³/mol. The van der Waals surface area contributed by atoms with E-state index in [2.05, 4.69) is 15.5 Å². The number of halogens is 1. The number of thioether (sulfide) groups is 1. The highest BCUT2D eigenvalue weighted by atomic mass is 35.5. The highest BCUT2D eigenvalue weighted by Gasteiger charge is 2.22. The van der Waals surface area contributed by atoms with Crippen LogP contribution in [0.3, 0.4) is 0 Å². The van der Waals surface area contributed by atoms with Crippen molar-refractivity contribution in [3.63, 3.8) is 0 Å². The number of nitrogens with one attached hydrogen (secondary N) is 1. The van der Waals surface area contributed by atoms with Crippen molar-refractivity contribution in [2.24, 2.45) is 0 Å². The molecule has 7 nitrogen and oxygen atoms in total. The smallest absolute Gasteiger partial charge is 0.237 e. The standard InChI is InChI=1S/C19H21ClN4O3S/c1-5-24-17(14-8-9-27-11(14)2)22-23-19(24)28-12(3)18(25)21-15-10-13(20)6-7-16(15)26-4/h6-10,12H,5H2,1-4H3,(H,21,25)/t12-/m1/s1. The summed E-state index contributed by atoms with van der Waals surface area (Å²) in [7, 11) is 1.54. The van der Waals surface area contributed by atoms with E-state index in [1.807, 2.05) is 31.4 Å². The zero-order chi connectivity index (χ0) is 20.3. The van der Waals surface area contributed by atoms with Gasteiger partial charge in [-0.25, -0.2) is 0 Å². The van der Waals surface area contributed by atoms with E-state index in [0.717, 1.165) is 17.1 Å². The molecule has 1 amide bonds. The first-order valence-corrected chi connectivity index (χ1v) is 9.99. The van der Waals surface area contributed by atoms with Crippen molar-refractivity contribution >= 4 is 35.0 Å². The lowest BCUT2D eigenvalue weighted by atomic mass is 10.2. The van der Waals surface area contributed by atoms with E-state index in [1.165, 1.54) is 11.8 Å². The maximum atomic E-state index is 12.7. The van der Waals surface area contributed by atoms with E-state index in [9.17, 15) is 4.79 Å². The number of anilines is 1. The highest BCUT2D eigenvalue weighted by molar-refractivity contribution is 8.00. The zero-order valence-corrected chi connectivity index (χ0v) is 17.6. The average Bonchev–Trinajstić information content (AvgIpc) is 3.27. The van der Waals surface area contributed by atoms with Gasteiger partial charge in [0.15, 0.2) is 11.0 Å². The molecular formula is C19H21ClN4O3S. The molecule has 2 heterocycles. The Morgan fingerprint density at radius 3 is 2.82 bits per heavy atom. The molecule has 1 aromatic carbocycles. The molecule has 1 atom stereocenters. The van der Waals surface area contributed by atoms with Crippen LogP contribution in [-0.2, 0) is 11.3 Å². The molecule has 9 heteroatoms. The summed E-state index contributed by atoms with van der Waals surface area (Å²) in [5, 5.41) is 12.2. The van der Waals surface area contributed by atoms with E-state index in [0.29, 0.717) is 28.2 Å². The van der Waals surface area contributed by atoms with Crippen LogP contribution < -0.4 is 10.1 Å². The zero-order valence-electron chi connectivity index (χ0n) is 16.0. The molecule has 0 aliphatic carbocycles. The summed E-state index contributed by atoms with van der Waals surface area (Å²) in [5.74, 6) is 1.86. The third kappa shape index (κ3) is 4.18. The number of methoxy groups -OCH3 is 1. The Morgan fingerprint density at radius 2 is 2.18 bits per heavy atom. The number of aryl methyl sites for hydroxylation is 1. The first-order chi connectivity index (χ1) is 13.4. The van der Waals surface area contributed by atoms with Gasteiger partial charge < -0.3 is 19.0 Å². The summed E-state index contributed by atoms with van der Waals surface area (Å²) in [6.07, 6.45) is 1.63. The van der Waals surface area contributed by atoms with Crippen LogP contribution in [0.4, 0.5) is 5.69 Å². The highest BCUT2D eigenvalue weighted by Crippen LogP contribution is 2.31. The number of benzene rings is 1. The molecule has 0 fully saturated rings. The van der Waals surface area contributed by atoms with Crippen LogP contribution >= 0.6 is 23.4 Å². The van der Waals surface area contributed by atoms with Gasteiger partial charge in [-0.3, -0.25) is 4.79 Å². The second-order valence-electron chi connectivity index (χ2n) is 6.03. The van der Waals surface area contributed by atoms with Crippen molar-refractivity contribution in [2.45, 2.75) is 37.7 Å². The van der Waals surface area contributed by atoms with E-state index in [4.69, 9.17) is 20.8 Å². The van der Waals surface area contributed by atoms with Crippen LogP contribution in [-0.4, -0.2) is 33.0 Å². The topological polar surface area (TPSA) is 82.2 Å². The fourth-order valence-electron chi connectivity index (χ4n) is 2.70. The Bertz CT molecular complexity index is 985. The van der Waals surface area contributed by atoms with Gasteiger partial charge in [0, 0.05) is 11.6 Å². The maximum absolute atomic E-state index is 12.7. The number of rotatable bonds is 7. The number of ether oxygens (including phenoxy) is 1. The van der Waals surface area contributed by atoms with Crippen molar-refractivity contribution in [3.8, 4) is 17.1 Å². The number of aromatic nitrogens is 3. The molecular weight excluding hydrogens is 400 g/mol. The molecule has 0 saturated heterocycles. The number of carbonyl (C=O) groups is 1. The fourth-order valence-corrected chi connectivity index (χ4v) is 3.79. The molecule has 0 spiro atoms. The minimum atomic E-state index is -0.406. The summed E-state index contributed by atoms with van der Waals surface area (Å²) in [6.45, 7) is 6.37. The van der Waals surface area contributed by atoms with E-state index >= 15 is 0 Å². The predicted octanol–water partition coefficient (Wildman–Crippen LogP) is 4.65. The van der Waals surface area contributed by atoms with Gasteiger partial charge in [-0.05, 0) is 45.0 Å². The van der Waals surface area contributed by atoms with Gasteiger partial charge >= 0.3 is 0 Å². The van der Waals surface area contributed by atoms with E-state index in [1.54, 1.807) is 31.6 Å². The molecule has 3 aromatic rings. The first kappa shape index (κ1) is 20.3. The van der Waals surface area contributed by atoms with Crippen LogP contribution in [0.5, 0.6) is 5.75 Å². The molecule has 3 rings (SSSR count). The van der Waals surface area contributed by atoms with Crippen molar-refractivity contribution in [3.05, 3.63) is 41.3 Å². The number of amides is 1. The summed E-state index contributed by atoms with van der Waals surface area (Å²) in [5.41, 5.74) is 1.42. The Morgan fingerprint density at radius 1 is 1.39 bits per heavy atom. The number of nitrogens with zero attached hydrogens (tertiary/aromatic N) is 3. The molecule has 0 aliphatic rings. The van der Waals surface area contributed by atoms with Crippen LogP contribution in [0.25, 0.3) is 11.4 Å². The lowest BCUT2D eigenvalue weighted by molar-refractivity contribution is -0.115. The number of hydrogen-bond donors (Lipinski definition) is 1. The second-order valence-corrected chi connectivity index (χ2v) is 7.78. The summed E-state index contributed by atoms with van der Waals surface area (Å²) in [6, 6.07) is 6.94. The van der Waals surface area contributed by atoms with Crippen molar-refractivity contribution < 1.29 is 13.9 Å². The van der Waals surface area contributed by atoms with Gasteiger partial charge in [-0.1, -0.05) is 23.4 Å². The van der Waals surface area contributed by atoms with Crippen molar-refractivity contribution in [1.29, 1.82) is 0 Å². The molecule has 1 N–H and O–H groups in total. The quantitative estimate of drug-likeness (QED) is 0.560. The van der Waals surface area contributed by atoms with Crippen molar-refractivity contribution in [1.82, 2.24) is 14.8 Å². The minimum Gasteiger partial charge on any atom is -0.495 e. The molecule has 0 radical (unpaired) electrons. The third-order valence-electron chi connectivity index (χ3n) is 4.20. The van der Waals surface area contributed by atoms with Crippen LogP contribution in [0.2, 0.25) is 5.02 Å². The molecule has 28 heavy (non-hydrogen) atoms. The van der Waals surface area contributed by atoms with Crippen LogP contribution in [0.15, 0.2) is 40.1 Å². The Hall–Kier alpha value is -2.45. The van der Waals surface area contributed by atoms with Gasteiger partial charge in [0.05, 0.1) is 29.9 Å². The lowest BCUT2D eigenvalue weighted by Gasteiger charge is -2.14. The second kappa shape index (κ2) is 8.70. The first-order valence-electron chi connectivity index (χ1n) is 8.73. The van der Waals surface area contributed by atoms with Gasteiger partial charge in [0.25, 0.3) is 0 Å². The summed E-state index contributed by atoms with van der Waals surface area (Å²) >= 11 is 7.37. The summed E-state index contributed by atoms with van der Waals surface area (Å²) < 4.78 is 12.6. The molecule has 148 valence electrons. The molecule has 0 bridgehead atoms. The molecule has 0 saturated carbocycles. The molecule has 0 aliphatic heterocycles. The Balaban J connectivity index is 1.77. The molecule has 2 aromatic heterocycles. The number of hydrogen-bond acceptors (Lipinski definition) is 6. The largest absolute Gasteiger partial charge is 0.495 e. The molecule has 0 unspecified atom stereocenters. The van der Waals surface area contributed by atoms with Crippen LogP contribution in [0, 0.1) is 6.92 Å². The van der Waals surface area contributed by atoms with E-state index < -0.39 is 5.25 Å². The lowest BCUT2D eigenvalue weighted by Crippen LogP contribution is -2.23. The Labute approximate surface area is 172 Å². The Kier molecular flexibility index (Phi) is 6.31. The van der Waals surface area contributed by atoms with Crippen molar-refractivity contribution in [2.75, 3.05) is 12.4 Å². The monoisotopic (exact) mass is 420 g/mol. The maximum Gasteiger partial charge on any atom is 0.237 e. The summed E-state index contributed by atoms with van der Waals surface area (Å²) in [4.78, 5) is 12.7. The fraction of sp³-hybridized carbons (Fsp3) is 0.316. The van der Waals surface area contributed by atoms with Gasteiger partial charge in [0.2, 0.25) is 5.91 Å². The SMILES string of the molecule is CCn1c(S[C@H](C)C(=O)Nc2cc(Cl)ccc2OC)nnc1-c1ccoc1C. The normalized spacial score (nSPS) is 12.0. The number of furan rings is 1. The van der Waals surface area contributed by atoms with Gasteiger partial charge in [-0.2, -0.15) is 0 Å². The average molecular weight is 421 g/mol. The van der Waals surface area contributed by atoms with Gasteiger partial charge in [0.1, 0.15) is 11.5 Å². The number of carbonyl (C=O) groups excluding carboxylic acids is 1. The third-order valence-corrected chi connectivity index (χ3v) is 5.52. The van der Waals surface area contributed by atoms with Crippen LogP contribution in [0.1, 0.15) is 19.6 Å². The minimum absolute atomic E-state index is 0.183.